The molecular weight excluding hydrogens is 244 g/mol. The highest BCUT2D eigenvalue weighted by Crippen LogP contribution is 2.35. The van der Waals surface area contributed by atoms with Crippen LogP contribution in [0.4, 0.5) is 0 Å². The minimum atomic E-state index is -0.550. The predicted molar refractivity (Wildman–Crippen MR) is 72.2 cm³/mol. The monoisotopic (exact) mass is 264 g/mol. The molecule has 19 heavy (non-hydrogen) atoms. The molecule has 5 nitrogen and oxygen atoms in total. The van der Waals surface area contributed by atoms with E-state index in [9.17, 15) is 4.79 Å². The fourth-order valence-corrected chi connectivity index (χ4v) is 2.11. The van der Waals surface area contributed by atoms with Crippen molar-refractivity contribution in [3.8, 4) is 11.5 Å². The van der Waals surface area contributed by atoms with Crippen molar-refractivity contribution in [2.24, 2.45) is 11.7 Å². The van der Waals surface area contributed by atoms with Crippen LogP contribution in [-0.2, 0) is 4.79 Å². The van der Waals surface area contributed by atoms with Crippen molar-refractivity contribution in [2.45, 2.75) is 18.9 Å². The first-order valence-electron chi connectivity index (χ1n) is 6.41. The van der Waals surface area contributed by atoms with Gasteiger partial charge < -0.3 is 20.5 Å². The Morgan fingerprint density at radius 2 is 2.16 bits per heavy atom. The number of amides is 1. The van der Waals surface area contributed by atoms with Crippen LogP contribution in [0.1, 0.15) is 24.4 Å². The molecule has 0 aromatic heterocycles. The van der Waals surface area contributed by atoms with Crippen molar-refractivity contribution in [3.05, 3.63) is 23.8 Å². The molecule has 0 heterocycles. The number of benzene rings is 1. The maximum atomic E-state index is 11.7. The first-order valence-corrected chi connectivity index (χ1v) is 6.41. The number of hydrogen-bond acceptors (Lipinski definition) is 4. The van der Waals surface area contributed by atoms with Crippen LogP contribution in [-0.4, -0.2) is 26.7 Å². The lowest BCUT2D eigenvalue weighted by Gasteiger charge is -2.20. The van der Waals surface area contributed by atoms with E-state index in [0.717, 1.165) is 12.1 Å². The molecule has 1 amide bonds. The molecule has 1 aliphatic carbocycles. The quantitative estimate of drug-likeness (QED) is 0.777. The Morgan fingerprint density at radius 3 is 2.68 bits per heavy atom. The summed E-state index contributed by atoms with van der Waals surface area (Å²) in [5.41, 5.74) is 6.21. The van der Waals surface area contributed by atoms with Crippen LogP contribution < -0.4 is 20.5 Å². The molecule has 1 aromatic carbocycles. The van der Waals surface area contributed by atoms with Crippen molar-refractivity contribution in [3.63, 3.8) is 0 Å². The molecule has 104 valence electrons. The minimum Gasteiger partial charge on any atom is -0.493 e. The maximum absolute atomic E-state index is 11.7. The normalized spacial score (nSPS) is 15.9. The highest BCUT2D eigenvalue weighted by molar-refractivity contribution is 5.82. The zero-order valence-electron chi connectivity index (χ0n) is 11.3. The van der Waals surface area contributed by atoms with Crippen LogP contribution >= 0.6 is 0 Å². The van der Waals surface area contributed by atoms with E-state index in [0.29, 0.717) is 17.4 Å². The smallest absolute Gasteiger partial charge is 0.239 e. The van der Waals surface area contributed by atoms with Crippen molar-refractivity contribution >= 4 is 5.91 Å². The van der Waals surface area contributed by atoms with Crippen LogP contribution in [0.3, 0.4) is 0 Å². The van der Waals surface area contributed by atoms with Gasteiger partial charge in [-0.05, 0) is 31.4 Å². The number of rotatable bonds is 7. The number of primary amides is 1. The Kier molecular flexibility index (Phi) is 4.27. The number of carbonyl (C=O) groups is 1. The average Bonchev–Trinajstić information content (AvgIpc) is 3.22. The van der Waals surface area contributed by atoms with Crippen LogP contribution in [0.5, 0.6) is 11.5 Å². The third kappa shape index (κ3) is 3.17. The average molecular weight is 264 g/mol. The molecule has 1 saturated carbocycles. The Hall–Kier alpha value is -1.75. The fraction of sp³-hybridized carbons (Fsp3) is 0.500. The number of nitrogens with two attached hydrogens (primary N) is 1. The molecule has 0 radical (unpaired) electrons. The highest BCUT2D eigenvalue weighted by atomic mass is 16.5. The summed E-state index contributed by atoms with van der Waals surface area (Å²) in [5.74, 6) is 1.40. The zero-order valence-corrected chi connectivity index (χ0v) is 11.3. The fourth-order valence-electron chi connectivity index (χ4n) is 2.11. The van der Waals surface area contributed by atoms with E-state index >= 15 is 0 Å². The Bertz CT molecular complexity index is 458. The molecule has 0 saturated heterocycles. The first kappa shape index (κ1) is 13.7. The van der Waals surface area contributed by atoms with Gasteiger partial charge in [-0.3, -0.25) is 4.79 Å². The topological polar surface area (TPSA) is 73.6 Å². The number of carbonyl (C=O) groups excluding carboxylic acids is 1. The molecule has 0 spiro atoms. The summed E-state index contributed by atoms with van der Waals surface area (Å²) in [6.45, 7) is 0.800. The van der Waals surface area contributed by atoms with Crippen LogP contribution in [0.25, 0.3) is 0 Å². The predicted octanol–water partition coefficient (Wildman–Crippen LogP) is 1.23. The van der Waals surface area contributed by atoms with Gasteiger partial charge in [0.2, 0.25) is 5.91 Å². The summed E-state index contributed by atoms with van der Waals surface area (Å²) in [5, 5.41) is 3.21. The first-order chi connectivity index (χ1) is 9.17. The van der Waals surface area contributed by atoms with E-state index < -0.39 is 11.9 Å². The van der Waals surface area contributed by atoms with E-state index in [2.05, 4.69) is 5.32 Å². The van der Waals surface area contributed by atoms with E-state index in [-0.39, 0.29) is 0 Å². The van der Waals surface area contributed by atoms with Gasteiger partial charge in [0.15, 0.2) is 11.5 Å². The Balaban J connectivity index is 2.26. The van der Waals surface area contributed by atoms with Crippen molar-refractivity contribution in [1.29, 1.82) is 0 Å². The number of para-hydroxylation sites is 1. The highest BCUT2D eigenvalue weighted by Gasteiger charge is 2.27. The molecule has 2 rings (SSSR count). The van der Waals surface area contributed by atoms with Gasteiger partial charge in [0.25, 0.3) is 0 Å². The number of nitrogens with one attached hydrogen (secondary N) is 1. The van der Waals surface area contributed by atoms with E-state index in [4.69, 9.17) is 15.2 Å². The van der Waals surface area contributed by atoms with Crippen LogP contribution in [0.15, 0.2) is 18.2 Å². The molecule has 3 N–H and O–H groups in total. The number of hydrogen-bond donors (Lipinski definition) is 2. The summed E-state index contributed by atoms with van der Waals surface area (Å²) in [6.07, 6.45) is 2.43. The van der Waals surface area contributed by atoms with Crippen LogP contribution in [0, 0.1) is 5.92 Å². The molecule has 1 unspecified atom stereocenters. The lowest BCUT2D eigenvalue weighted by molar-refractivity contribution is -0.120. The third-order valence-corrected chi connectivity index (χ3v) is 3.34. The number of methoxy groups -OCH3 is 2. The molecule has 1 aliphatic rings. The van der Waals surface area contributed by atoms with Gasteiger partial charge in [-0.2, -0.15) is 0 Å². The summed E-state index contributed by atoms with van der Waals surface area (Å²) in [7, 11) is 3.12. The van der Waals surface area contributed by atoms with Gasteiger partial charge in [0.05, 0.1) is 14.2 Å². The van der Waals surface area contributed by atoms with E-state index in [1.165, 1.54) is 12.8 Å². The number of ether oxygens (including phenoxy) is 2. The molecule has 1 atom stereocenters. The van der Waals surface area contributed by atoms with Gasteiger partial charge >= 0.3 is 0 Å². The van der Waals surface area contributed by atoms with E-state index in [1.54, 1.807) is 20.3 Å². The molecular formula is C14H20N2O3. The summed E-state index contributed by atoms with van der Waals surface area (Å²) >= 11 is 0. The van der Waals surface area contributed by atoms with Gasteiger partial charge in [-0.15, -0.1) is 0 Å². The molecule has 1 aromatic rings. The SMILES string of the molecule is COc1cccc(C(NCC2CC2)C(N)=O)c1OC. The lowest BCUT2D eigenvalue weighted by Crippen LogP contribution is -2.35. The second-order valence-corrected chi connectivity index (χ2v) is 4.77. The van der Waals surface area contributed by atoms with Crippen molar-refractivity contribution in [1.82, 2.24) is 5.32 Å². The van der Waals surface area contributed by atoms with Crippen molar-refractivity contribution < 1.29 is 14.3 Å². The van der Waals surface area contributed by atoms with Gasteiger partial charge in [-0.25, -0.2) is 0 Å². The molecule has 0 aliphatic heterocycles. The minimum absolute atomic E-state index is 0.410. The van der Waals surface area contributed by atoms with Crippen LogP contribution in [0.2, 0.25) is 0 Å². The summed E-state index contributed by atoms with van der Waals surface area (Å²) < 4.78 is 10.6. The zero-order chi connectivity index (χ0) is 13.8. The Labute approximate surface area is 113 Å². The molecule has 1 fully saturated rings. The largest absolute Gasteiger partial charge is 0.493 e. The van der Waals surface area contributed by atoms with Gasteiger partial charge in [0.1, 0.15) is 6.04 Å². The maximum Gasteiger partial charge on any atom is 0.239 e. The third-order valence-electron chi connectivity index (χ3n) is 3.34. The molecule has 0 bridgehead atoms. The summed E-state index contributed by atoms with van der Waals surface area (Å²) in [6, 6.07) is 4.90. The van der Waals surface area contributed by atoms with Gasteiger partial charge in [0, 0.05) is 5.56 Å². The summed E-state index contributed by atoms with van der Waals surface area (Å²) in [4.78, 5) is 11.7. The second kappa shape index (κ2) is 5.93. The second-order valence-electron chi connectivity index (χ2n) is 4.77. The molecule has 5 heteroatoms. The van der Waals surface area contributed by atoms with Gasteiger partial charge in [-0.1, -0.05) is 12.1 Å². The van der Waals surface area contributed by atoms with E-state index in [1.807, 2.05) is 12.1 Å². The Morgan fingerprint density at radius 1 is 1.42 bits per heavy atom. The lowest BCUT2D eigenvalue weighted by atomic mass is 10.0. The van der Waals surface area contributed by atoms with Crippen molar-refractivity contribution in [2.75, 3.05) is 20.8 Å². The standard InChI is InChI=1S/C14H20N2O3/c1-18-11-5-3-4-10(13(11)19-2)12(14(15)17)16-8-9-6-7-9/h3-5,9,12,16H,6-8H2,1-2H3,(H2,15,17).